The van der Waals surface area contributed by atoms with Crippen molar-refractivity contribution in [3.63, 3.8) is 0 Å². The highest BCUT2D eigenvalue weighted by Gasteiger charge is 2.42. The van der Waals surface area contributed by atoms with Crippen molar-refractivity contribution in [3.8, 4) is 16.9 Å². The van der Waals surface area contributed by atoms with Crippen LogP contribution < -0.4 is 10.5 Å². The average molecular weight is 415 g/mol. The van der Waals surface area contributed by atoms with Crippen LogP contribution in [-0.2, 0) is 11.2 Å². The Hall–Kier alpha value is -2.84. The summed E-state index contributed by atoms with van der Waals surface area (Å²) in [7, 11) is 0. The molecule has 1 aliphatic rings. The van der Waals surface area contributed by atoms with E-state index in [1.807, 2.05) is 13.8 Å². The zero-order valence-electron chi connectivity index (χ0n) is 15.6. The Kier molecular flexibility index (Phi) is 5.19. The zero-order valence-corrected chi connectivity index (χ0v) is 15.6. The lowest BCUT2D eigenvalue weighted by Gasteiger charge is -2.26. The maximum absolute atomic E-state index is 14.8. The summed E-state index contributed by atoms with van der Waals surface area (Å²) in [5, 5.41) is 0. The number of amides is 1. The first-order chi connectivity index (χ1) is 13.4. The van der Waals surface area contributed by atoms with Gasteiger partial charge in [-0.05, 0) is 47.4 Å². The molecule has 0 bridgehead atoms. The molecule has 1 aliphatic carbocycles. The fourth-order valence-corrected chi connectivity index (χ4v) is 3.56. The van der Waals surface area contributed by atoms with Gasteiger partial charge in [-0.3, -0.25) is 0 Å². The molecule has 0 spiro atoms. The number of hydrogen-bond donors (Lipinski definition) is 1. The van der Waals surface area contributed by atoms with Gasteiger partial charge in [0.25, 0.3) is 0 Å². The first-order valence-corrected chi connectivity index (χ1v) is 8.65. The SMILES string of the molecule is CC1(C)Cc2cc(-c3cc(F)cc(OCC(F)(F)F)c3)c(F)cc2[C@@H]1OC(N)=O. The van der Waals surface area contributed by atoms with Gasteiger partial charge in [-0.15, -0.1) is 0 Å². The predicted octanol–water partition coefficient (Wildman–Crippen LogP) is 5.29. The summed E-state index contributed by atoms with van der Waals surface area (Å²) >= 11 is 0. The number of ether oxygens (including phenoxy) is 2. The number of rotatable bonds is 4. The Labute approximate surface area is 163 Å². The fraction of sp³-hybridized carbons (Fsp3) is 0.350. The lowest BCUT2D eigenvalue weighted by atomic mass is 9.87. The molecule has 3 rings (SSSR count). The van der Waals surface area contributed by atoms with Gasteiger partial charge in [0.1, 0.15) is 23.5 Å². The van der Waals surface area contributed by atoms with Gasteiger partial charge in [0, 0.05) is 17.0 Å². The molecule has 29 heavy (non-hydrogen) atoms. The van der Waals surface area contributed by atoms with Crippen molar-refractivity contribution in [1.82, 2.24) is 0 Å². The van der Waals surface area contributed by atoms with Crippen molar-refractivity contribution in [2.45, 2.75) is 32.5 Å². The molecule has 1 atom stereocenters. The highest BCUT2D eigenvalue weighted by Crippen LogP contribution is 2.49. The third-order valence-electron chi connectivity index (χ3n) is 4.69. The standard InChI is InChI=1S/C20H18F5NO3/c1-19(2)8-11-5-14(16(22)7-15(11)17(19)29-18(26)27)10-3-12(21)6-13(4-10)28-9-20(23,24)25/h3-7,17H,8-9H2,1-2H3,(H2,26,27)/t17-/m0/s1. The Morgan fingerprint density at radius 2 is 1.86 bits per heavy atom. The molecule has 156 valence electrons. The molecule has 9 heteroatoms. The van der Waals surface area contributed by atoms with E-state index in [0.717, 1.165) is 18.2 Å². The van der Waals surface area contributed by atoms with Gasteiger partial charge in [-0.25, -0.2) is 13.6 Å². The Balaban J connectivity index is 2.00. The van der Waals surface area contributed by atoms with E-state index in [-0.39, 0.29) is 16.9 Å². The zero-order chi connectivity index (χ0) is 21.6. The molecule has 0 radical (unpaired) electrons. The Morgan fingerprint density at radius 1 is 1.17 bits per heavy atom. The van der Waals surface area contributed by atoms with Crippen LogP contribution in [0.5, 0.6) is 5.75 Å². The van der Waals surface area contributed by atoms with Crippen molar-refractivity contribution in [1.29, 1.82) is 0 Å². The lowest BCUT2D eigenvalue weighted by molar-refractivity contribution is -0.153. The highest BCUT2D eigenvalue weighted by atomic mass is 19.4. The van der Waals surface area contributed by atoms with Crippen molar-refractivity contribution in [3.05, 3.63) is 53.1 Å². The van der Waals surface area contributed by atoms with E-state index in [4.69, 9.17) is 10.5 Å². The van der Waals surface area contributed by atoms with Crippen LogP contribution in [-0.4, -0.2) is 18.9 Å². The minimum Gasteiger partial charge on any atom is -0.484 e. The second kappa shape index (κ2) is 7.20. The smallest absolute Gasteiger partial charge is 0.422 e. The summed E-state index contributed by atoms with van der Waals surface area (Å²) in [6.07, 6.45) is -5.90. The van der Waals surface area contributed by atoms with Crippen molar-refractivity contribution in [2.75, 3.05) is 6.61 Å². The monoisotopic (exact) mass is 415 g/mol. The topological polar surface area (TPSA) is 61.6 Å². The third-order valence-corrected chi connectivity index (χ3v) is 4.69. The first kappa shape index (κ1) is 20.9. The number of benzene rings is 2. The molecule has 2 aromatic carbocycles. The van der Waals surface area contributed by atoms with E-state index >= 15 is 0 Å². The van der Waals surface area contributed by atoms with Gasteiger partial charge in [0.05, 0.1) is 0 Å². The maximum atomic E-state index is 14.8. The van der Waals surface area contributed by atoms with Crippen LogP contribution in [0.25, 0.3) is 11.1 Å². The second-order valence-electron chi connectivity index (χ2n) is 7.59. The molecular formula is C20H18F5NO3. The largest absolute Gasteiger partial charge is 0.484 e. The molecule has 2 aromatic rings. The first-order valence-electron chi connectivity index (χ1n) is 8.65. The van der Waals surface area contributed by atoms with Crippen LogP contribution in [0.2, 0.25) is 0 Å². The number of nitrogens with two attached hydrogens (primary N) is 1. The van der Waals surface area contributed by atoms with Crippen LogP contribution in [0, 0.1) is 17.0 Å². The molecule has 0 saturated heterocycles. The summed E-state index contributed by atoms with van der Waals surface area (Å²) in [6, 6.07) is 5.58. The minimum absolute atomic E-state index is 0.00404. The van der Waals surface area contributed by atoms with E-state index in [1.165, 1.54) is 12.1 Å². The van der Waals surface area contributed by atoms with E-state index in [0.29, 0.717) is 17.5 Å². The second-order valence-corrected chi connectivity index (χ2v) is 7.59. The number of carbonyl (C=O) groups is 1. The summed E-state index contributed by atoms with van der Waals surface area (Å²) in [4.78, 5) is 11.2. The number of halogens is 5. The van der Waals surface area contributed by atoms with Crippen LogP contribution in [0.4, 0.5) is 26.7 Å². The molecule has 0 fully saturated rings. The lowest BCUT2D eigenvalue weighted by Crippen LogP contribution is -2.25. The summed E-state index contributed by atoms with van der Waals surface area (Å²) in [5.41, 5.74) is 5.70. The molecule has 0 saturated carbocycles. The number of alkyl halides is 3. The van der Waals surface area contributed by atoms with Gasteiger partial charge in [0.2, 0.25) is 0 Å². The van der Waals surface area contributed by atoms with Gasteiger partial charge in [-0.2, -0.15) is 13.2 Å². The molecule has 0 aromatic heterocycles. The predicted molar refractivity (Wildman–Crippen MR) is 94.2 cm³/mol. The number of carbonyl (C=O) groups excluding carboxylic acids is 1. The van der Waals surface area contributed by atoms with Gasteiger partial charge < -0.3 is 15.2 Å². The minimum atomic E-state index is -4.59. The van der Waals surface area contributed by atoms with E-state index in [1.54, 1.807) is 0 Å². The van der Waals surface area contributed by atoms with Crippen LogP contribution in [0.1, 0.15) is 31.1 Å². The van der Waals surface area contributed by atoms with Crippen LogP contribution in [0.15, 0.2) is 30.3 Å². The van der Waals surface area contributed by atoms with E-state index in [9.17, 15) is 26.7 Å². The molecule has 4 nitrogen and oxygen atoms in total. The number of hydrogen-bond acceptors (Lipinski definition) is 3. The van der Waals surface area contributed by atoms with Crippen molar-refractivity contribution in [2.24, 2.45) is 11.1 Å². The Bertz CT molecular complexity index is 956. The molecular weight excluding hydrogens is 397 g/mol. The Morgan fingerprint density at radius 3 is 2.48 bits per heavy atom. The average Bonchev–Trinajstić information content (AvgIpc) is 2.81. The van der Waals surface area contributed by atoms with E-state index < -0.39 is 42.0 Å². The summed E-state index contributed by atoms with van der Waals surface area (Å²) < 4.78 is 75.5. The van der Waals surface area contributed by atoms with Crippen LogP contribution in [0.3, 0.4) is 0 Å². The number of fused-ring (bicyclic) bond motifs is 1. The van der Waals surface area contributed by atoms with Gasteiger partial charge in [0.15, 0.2) is 6.61 Å². The fourth-order valence-electron chi connectivity index (χ4n) is 3.56. The molecule has 0 heterocycles. The third kappa shape index (κ3) is 4.60. The molecule has 0 aliphatic heterocycles. The van der Waals surface area contributed by atoms with E-state index in [2.05, 4.69) is 4.74 Å². The van der Waals surface area contributed by atoms with Gasteiger partial charge >= 0.3 is 12.3 Å². The van der Waals surface area contributed by atoms with Crippen molar-refractivity contribution >= 4 is 6.09 Å². The molecule has 2 N–H and O–H groups in total. The summed E-state index contributed by atoms with van der Waals surface area (Å²) in [5.74, 6) is -1.98. The summed E-state index contributed by atoms with van der Waals surface area (Å²) in [6.45, 7) is 2.05. The molecule has 0 unspecified atom stereocenters. The quantitative estimate of drug-likeness (QED) is 0.690. The van der Waals surface area contributed by atoms with Crippen molar-refractivity contribution < 1.29 is 36.2 Å². The maximum Gasteiger partial charge on any atom is 0.422 e. The van der Waals surface area contributed by atoms with Crippen LogP contribution >= 0.6 is 0 Å². The van der Waals surface area contributed by atoms with Gasteiger partial charge in [-0.1, -0.05) is 13.8 Å². The molecule has 1 amide bonds. The number of primary amides is 1. The highest BCUT2D eigenvalue weighted by molar-refractivity contribution is 5.69. The normalized spacial score (nSPS) is 17.7.